The van der Waals surface area contributed by atoms with E-state index in [2.05, 4.69) is 5.32 Å². The Kier molecular flexibility index (Phi) is 4.36. The van der Waals surface area contributed by atoms with E-state index in [1.807, 2.05) is 11.8 Å². The SMILES string of the molecule is COc1ccc(C(=O)O)c(NC2CCSCC2)c1. The number of benzene rings is 1. The molecule has 0 amide bonds. The second-order valence-electron chi connectivity index (χ2n) is 4.25. The van der Waals surface area contributed by atoms with E-state index in [0.717, 1.165) is 24.3 Å². The topological polar surface area (TPSA) is 58.6 Å². The van der Waals surface area contributed by atoms with E-state index in [0.29, 0.717) is 23.0 Å². The number of hydrogen-bond acceptors (Lipinski definition) is 4. The normalized spacial score (nSPS) is 16.3. The zero-order chi connectivity index (χ0) is 13.0. The molecule has 0 unspecified atom stereocenters. The fraction of sp³-hybridized carbons (Fsp3) is 0.462. The fourth-order valence-corrected chi connectivity index (χ4v) is 3.12. The lowest BCUT2D eigenvalue weighted by atomic mass is 10.1. The van der Waals surface area contributed by atoms with Gasteiger partial charge in [0.2, 0.25) is 0 Å². The number of rotatable bonds is 4. The Labute approximate surface area is 111 Å². The molecule has 1 aromatic carbocycles. The molecule has 1 saturated heterocycles. The van der Waals surface area contributed by atoms with E-state index < -0.39 is 5.97 Å². The molecule has 0 atom stereocenters. The lowest BCUT2D eigenvalue weighted by Gasteiger charge is -2.24. The number of carboxylic acids is 1. The Morgan fingerprint density at radius 1 is 1.44 bits per heavy atom. The van der Waals surface area contributed by atoms with Crippen LogP contribution in [0.25, 0.3) is 0 Å². The fourth-order valence-electron chi connectivity index (χ4n) is 2.02. The van der Waals surface area contributed by atoms with E-state index >= 15 is 0 Å². The summed E-state index contributed by atoms with van der Waals surface area (Å²) in [6.45, 7) is 0. The molecule has 0 aliphatic carbocycles. The van der Waals surface area contributed by atoms with E-state index in [9.17, 15) is 9.90 Å². The van der Waals surface area contributed by atoms with Gasteiger partial charge in [0.1, 0.15) is 5.75 Å². The summed E-state index contributed by atoms with van der Waals surface area (Å²) in [6, 6.07) is 5.37. The summed E-state index contributed by atoms with van der Waals surface area (Å²) in [4.78, 5) is 11.2. The molecule has 2 N–H and O–H groups in total. The van der Waals surface area contributed by atoms with Crippen LogP contribution in [0.5, 0.6) is 5.75 Å². The molecule has 0 bridgehead atoms. The molecule has 1 aliphatic rings. The molecule has 0 spiro atoms. The molecule has 5 heteroatoms. The van der Waals surface area contributed by atoms with Crippen LogP contribution >= 0.6 is 11.8 Å². The predicted molar refractivity (Wildman–Crippen MR) is 73.9 cm³/mol. The standard InChI is InChI=1S/C13H17NO3S/c1-17-10-2-3-11(13(15)16)12(8-10)14-9-4-6-18-7-5-9/h2-3,8-9,14H,4-7H2,1H3,(H,15,16). The van der Waals surface area contributed by atoms with Crippen molar-refractivity contribution in [3.05, 3.63) is 23.8 Å². The number of carbonyl (C=O) groups is 1. The Hall–Kier alpha value is -1.36. The Balaban J connectivity index is 2.19. The van der Waals surface area contributed by atoms with Crippen molar-refractivity contribution in [2.45, 2.75) is 18.9 Å². The first kappa shape index (κ1) is 13.1. The van der Waals surface area contributed by atoms with Gasteiger partial charge in [0.15, 0.2) is 0 Å². The van der Waals surface area contributed by atoms with Crippen LogP contribution < -0.4 is 10.1 Å². The molecule has 1 fully saturated rings. The number of ether oxygens (including phenoxy) is 1. The first-order chi connectivity index (χ1) is 8.70. The van der Waals surface area contributed by atoms with Crippen molar-refractivity contribution >= 4 is 23.4 Å². The molecule has 0 radical (unpaired) electrons. The van der Waals surface area contributed by atoms with E-state index in [-0.39, 0.29) is 0 Å². The minimum Gasteiger partial charge on any atom is -0.497 e. The summed E-state index contributed by atoms with van der Waals surface area (Å²) in [5.41, 5.74) is 0.952. The van der Waals surface area contributed by atoms with Crippen molar-refractivity contribution < 1.29 is 14.6 Å². The van der Waals surface area contributed by atoms with Gasteiger partial charge in [-0.2, -0.15) is 11.8 Å². The molecule has 1 heterocycles. The molecular formula is C13H17NO3S. The van der Waals surface area contributed by atoms with Gasteiger partial charge in [-0.3, -0.25) is 0 Å². The number of nitrogens with one attached hydrogen (secondary N) is 1. The largest absolute Gasteiger partial charge is 0.497 e. The molecule has 1 aliphatic heterocycles. The van der Waals surface area contributed by atoms with Crippen LogP contribution in [0.3, 0.4) is 0 Å². The lowest BCUT2D eigenvalue weighted by molar-refractivity contribution is 0.0698. The molecule has 18 heavy (non-hydrogen) atoms. The third-order valence-corrected chi connectivity index (χ3v) is 4.09. The summed E-state index contributed by atoms with van der Waals surface area (Å²) >= 11 is 1.95. The monoisotopic (exact) mass is 267 g/mol. The number of thioether (sulfide) groups is 1. The van der Waals surface area contributed by atoms with Gasteiger partial charge in [-0.25, -0.2) is 4.79 Å². The summed E-state index contributed by atoms with van der Waals surface area (Å²) in [7, 11) is 1.58. The Morgan fingerprint density at radius 2 is 2.17 bits per heavy atom. The van der Waals surface area contributed by atoms with Gasteiger partial charge >= 0.3 is 5.97 Å². The summed E-state index contributed by atoms with van der Waals surface area (Å²) < 4.78 is 5.14. The third kappa shape index (κ3) is 3.10. The number of hydrogen-bond donors (Lipinski definition) is 2. The first-order valence-electron chi connectivity index (χ1n) is 5.96. The van der Waals surface area contributed by atoms with Crippen molar-refractivity contribution in [2.24, 2.45) is 0 Å². The average molecular weight is 267 g/mol. The van der Waals surface area contributed by atoms with Crippen LogP contribution in [0.1, 0.15) is 23.2 Å². The highest BCUT2D eigenvalue weighted by Crippen LogP contribution is 2.26. The summed E-state index contributed by atoms with van der Waals surface area (Å²) in [5, 5.41) is 12.5. The van der Waals surface area contributed by atoms with Crippen LogP contribution in [0.4, 0.5) is 5.69 Å². The molecule has 1 aromatic rings. The van der Waals surface area contributed by atoms with Gasteiger partial charge in [-0.1, -0.05) is 0 Å². The van der Waals surface area contributed by atoms with Crippen molar-refractivity contribution in [3.8, 4) is 5.75 Å². The number of aromatic carboxylic acids is 1. The van der Waals surface area contributed by atoms with Crippen molar-refractivity contribution in [1.29, 1.82) is 0 Å². The quantitative estimate of drug-likeness (QED) is 0.878. The van der Waals surface area contributed by atoms with Crippen LogP contribution in [0.2, 0.25) is 0 Å². The lowest BCUT2D eigenvalue weighted by Crippen LogP contribution is -2.25. The molecule has 0 saturated carbocycles. The molecular weight excluding hydrogens is 250 g/mol. The van der Waals surface area contributed by atoms with E-state index in [1.165, 1.54) is 0 Å². The van der Waals surface area contributed by atoms with Gasteiger partial charge in [0.25, 0.3) is 0 Å². The maximum absolute atomic E-state index is 11.2. The predicted octanol–water partition coefficient (Wildman–Crippen LogP) is 2.70. The second kappa shape index (κ2) is 6.00. The molecule has 4 nitrogen and oxygen atoms in total. The number of carboxylic acid groups (broad SMARTS) is 1. The maximum atomic E-state index is 11.2. The molecule has 2 rings (SSSR count). The number of methoxy groups -OCH3 is 1. The van der Waals surface area contributed by atoms with Gasteiger partial charge < -0.3 is 15.2 Å². The Morgan fingerprint density at radius 3 is 2.78 bits per heavy atom. The third-order valence-electron chi connectivity index (χ3n) is 3.04. The van der Waals surface area contributed by atoms with Crippen LogP contribution in [0.15, 0.2) is 18.2 Å². The van der Waals surface area contributed by atoms with Crippen molar-refractivity contribution in [1.82, 2.24) is 0 Å². The summed E-state index contributed by atoms with van der Waals surface area (Å²) in [5.74, 6) is 2.02. The zero-order valence-corrected chi connectivity index (χ0v) is 11.1. The van der Waals surface area contributed by atoms with Crippen LogP contribution in [-0.2, 0) is 0 Å². The molecule has 98 valence electrons. The summed E-state index contributed by atoms with van der Waals surface area (Å²) in [6.07, 6.45) is 2.14. The zero-order valence-electron chi connectivity index (χ0n) is 10.3. The van der Waals surface area contributed by atoms with Gasteiger partial charge in [0, 0.05) is 12.1 Å². The second-order valence-corrected chi connectivity index (χ2v) is 5.47. The van der Waals surface area contributed by atoms with Gasteiger partial charge in [-0.15, -0.1) is 0 Å². The minimum absolute atomic E-state index is 0.300. The number of anilines is 1. The van der Waals surface area contributed by atoms with E-state index in [4.69, 9.17) is 4.74 Å². The smallest absolute Gasteiger partial charge is 0.337 e. The Bertz CT molecular complexity index is 430. The molecule has 0 aromatic heterocycles. The van der Waals surface area contributed by atoms with Crippen LogP contribution in [0, 0.1) is 0 Å². The van der Waals surface area contributed by atoms with Crippen molar-refractivity contribution in [3.63, 3.8) is 0 Å². The van der Waals surface area contributed by atoms with Crippen molar-refractivity contribution in [2.75, 3.05) is 23.9 Å². The highest BCUT2D eigenvalue weighted by Gasteiger charge is 2.17. The van der Waals surface area contributed by atoms with Crippen LogP contribution in [-0.4, -0.2) is 35.7 Å². The average Bonchev–Trinajstić information content (AvgIpc) is 2.39. The van der Waals surface area contributed by atoms with E-state index in [1.54, 1.807) is 25.3 Å². The highest BCUT2D eigenvalue weighted by atomic mass is 32.2. The minimum atomic E-state index is -0.912. The van der Waals surface area contributed by atoms with Gasteiger partial charge in [0.05, 0.1) is 18.4 Å². The first-order valence-corrected chi connectivity index (χ1v) is 7.12. The maximum Gasteiger partial charge on any atom is 0.337 e. The van der Waals surface area contributed by atoms with Gasteiger partial charge in [-0.05, 0) is 36.5 Å². The highest BCUT2D eigenvalue weighted by molar-refractivity contribution is 7.99.